The van der Waals surface area contributed by atoms with Crippen molar-refractivity contribution < 1.29 is 22.7 Å². The number of carbonyl (C=O) groups excluding carboxylic acids is 2. The van der Waals surface area contributed by atoms with Crippen molar-refractivity contribution in [2.45, 2.75) is 25.8 Å². The molecule has 0 radical (unpaired) electrons. The molecule has 138 valence electrons. The van der Waals surface area contributed by atoms with Crippen LogP contribution in [0.4, 0.5) is 0 Å². The van der Waals surface area contributed by atoms with Crippen LogP contribution in [0.15, 0.2) is 18.2 Å². The van der Waals surface area contributed by atoms with Gasteiger partial charge in [-0.3, -0.25) is 9.59 Å². The number of carbonyl (C=O) groups is 2. The van der Waals surface area contributed by atoms with Crippen LogP contribution >= 0.6 is 23.2 Å². The largest absolute Gasteiger partial charge is 0.456 e. The molecule has 2 atom stereocenters. The molecule has 1 heterocycles. The fraction of sp³-hybridized carbons (Fsp3) is 0.500. The van der Waals surface area contributed by atoms with Gasteiger partial charge in [0.05, 0.1) is 17.5 Å². The summed E-state index contributed by atoms with van der Waals surface area (Å²) in [5, 5.41) is 3.60. The van der Waals surface area contributed by atoms with E-state index < -0.39 is 28.3 Å². The second-order valence-corrected chi connectivity index (χ2v) is 9.16. The van der Waals surface area contributed by atoms with Gasteiger partial charge in [-0.1, -0.05) is 29.3 Å². The number of amides is 1. The van der Waals surface area contributed by atoms with Gasteiger partial charge in [0.2, 0.25) is 0 Å². The van der Waals surface area contributed by atoms with Crippen molar-refractivity contribution in [1.82, 2.24) is 5.32 Å². The molecule has 1 aromatic rings. The Morgan fingerprint density at radius 1 is 1.36 bits per heavy atom. The van der Waals surface area contributed by atoms with Crippen LogP contribution in [-0.4, -0.2) is 38.4 Å². The molecule has 0 saturated carbocycles. The lowest BCUT2D eigenvalue weighted by Gasteiger charge is -2.16. The molecule has 1 saturated heterocycles. The maximum absolute atomic E-state index is 11.9. The van der Waals surface area contributed by atoms with Gasteiger partial charge in [0, 0.05) is 16.5 Å². The van der Waals surface area contributed by atoms with Crippen LogP contribution in [-0.2, 0) is 24.2 Å². The molecule has 0 spiro atoms. The van der Waals surface area contributed by atoms with Crippen LogP contribution in [0.3, 0.4) is 0 Å². The van der Waals surface area contributed by atoms with Gasteiger partial charge >= 0.3 is 5.97 Å². The number of nitrogens with one attached hydrogen (secondary N) is 1. The third-order valence-corrected chi connectivity index (χ3v) is 6.35. The first-order valence-electron chi connectivity index (χ1n) is 7.76. The van der Waals surface area contributed by atoms with E-state index in [-0.39, 0.29) is 29.9 Å². The van der Waals surface area contributed by atoms with Crippen molar-refractivity contribution in [1.29, 1.82) is 0 Å². The molecule has 0 unspecified atom stereocenters. The molecule has 25 heavy (non-hydrogen) atoms. The van der Waals surface area contributed by atoms with Crippen molar-refractivity contribution in [3.05, 3.63) is 33.8 Å². The monoisotopic (exact) mass is 407 g/mol. The second-order valence-electron chi connectivity index (χ2n) is 6.09. The molecule has 1 aliphatic rings. The highest BCUT2D eigenvalue weighted by Gasteiger charge is 2.30. The van der Waals surface area contributed by atoms with Crippen molar-refractivity contribution in [3.8, 4) is 0 Å². The Kier molecular flexibility index (Phi) is 6.71. The summed E-state index contributed by atoms with van der Waals surface area (Å²) in [5.41, 5.74) is 0.696. The quantitative estimate of drug-likeness (QED) is 0.731. The van der Waals surface area contributed by atoms with Crippen molar-refractivity contribution >= 4 is 44.9 Å². The normalized spacial score (nSPS) is 20.0. The van der Waals surface area contributed by atoms with Crippen LogP contribution < -0.4 is 5.32 Å². The van der Waals surface area contributed by atoms with Crippen LogP contribution in [0, 0.1) is 5.92 Å². The van der Waals surface area contributed by atoms with Gasteiger partial charge in [-0.05, 0) is 37.0 Å². The predicted molar refractivity (Wildman–Crippen MR) is 95.4 cm³/mol. The molecule has 1 amide bonds. The Balaban J connectivity index is 1.77. The second kappa shape index (κ2) is 8.38. The summed E-state index contributed by atoms with van der Waals surface area (Å²) in [5.74, 6) is -1.17. The SMILES string of the molecule is C[C@H](NC(=O)COC(=O)C[C@H]1CCS(=O)(=O)C1)c1ccc(Cl)cc1Cl. The zero-order valence-corrected chi connectivity index (χ0v) is 16.0. The first-order valence-corrected chi connectivity index (χ1v) is 10.3. The van der Waals surface area contributed by atoms with E-state index in [0.29, 0.717) is 22.0 Å². The van der Waals surface area contributed by atoms with Gasteiger partial charge in [0.15, 0.2) is 16.4 Å². The van der Waals surface area contributed by atoms with Crippen molar-refractivity contribution in [2.75, 3.05) is 18.1 Å². The van der Waals surface area contributed by atoms with Gasteiger partial charge in [-0.15, -0.1) is 0 Å². The molecule has 2 rings (SSSR count). The molecular weight excluding hydrogens is 389 g/mol. The van der Waals surface area contributed by atoms with Gasteiger partial charge in [0.25, 0.3) is 5.91 Å². The van der Waals surface area contributed by atoms with E-state index in [1.54, 1.807) is 25.1 Å². The molecule has 1 N–H and O–H groups in total. The molecule has 9 heteroatoms. The third-order valence-electron chi connectivity index (χ3n) is 3.95. The average molecular weight is 408 g/mol. The predicted octanol–water partition coefficient (Wildman–Crippen LogP) is 2.54. The molecule has 1 aromatic carbocycles. The minimum absolute atomic E-state index is 0.000393. The number of hydrogen-bond acceptors (Lipinski definition) is 5. The van der Waals surface area contributed by atoms with Crippen LogP contribution in [0.5, 0.6) is 0 Å². The number of hydrogen-bond donors (Lipinski definition) is 1. The molecule has 1 fully saturated rings. The number of esters is 1. The smallest absolute Gasteiger partial charge is 0.306 e. The fourth-order valence-electron chi connectivity index (χ4n) is 2.69. The first-order chi connectivity index (χ1) is 11.7. The zero-order valence-electron chi connectivity index (χ0n) is 13.6. The Bertz CT molecular complexity index is 766. The van der Waals surface area contributed by atoms with Crippen molar-refractivity contribution in [2.24, 2.45) is 5.92 Å². The van der Waals surface area contributed by atoms with E-state index in [2.05, 4.69) is 5.32 Å². The lowest BCUT2D eigenvalue weighted by molar-refractivity contribution is -0.149. The Morgan fingerprint density at radius 2 is 2.08 bits per heavy atom. The summed E-state index contributed by atoms with van der Waals surface area (Å²) in [6.07, 6.45) is 0.459. The van der Waals surface area contributed by atoms with Gasteiger partial charge in [-0.2, -0.15) is 0 Å². The maximum Gasteiger partial charge on any atom is 0.306 e. The number of rotatable bonds is 6. The first kappa shape index (κ1) is 20.0. The van der Waals surface area contributed by atoms with E-state index >= 15 is 0 Å². The van der Waals surface area contributed by atoms with E-state index in [1.807, 2.05) is 0 Å². The topological polar surface area (TPSA) is 89.5 Å². The summed E-state index contributed by atoms with van der Waals surface area (Å²) in [4.78, 5) is 23.6. The number of sulfone groups is 1. The lowest BCUT2D eigenvalue weighted by atomic mass is 10.1. The summed E-state index contributed by atoms with van der Waals surface area (Å²) in [6, 6.07) is 4.58. The zero-order chi connectivity index (χ0) is 18.6. The molecule has 0 aromatic heterocycles. The molecular formula is C16H19Cl2NO5S. The van der Waals surface area contributed by atoms with Crippen LogP contribution in [0.2, 0.25) is 10.0 Å². The number of ether oxygens (including phenoxy) is 1. The number of benzene rings is 1. The minimum Gasteiger partial charge on any atom is -0.456 e. The Morgan fingerprint density at radius 3 is 2.68 bits per heavy atom. The van der Waals surface area contributed by atoms with Gasteiger partial charge < -0.3 is 10.1 Å². The molecule has 0 aliphatic carbocycles. The van der Waals surface area contributed by atoms with Crippen LogP contribution in [0.25, 0.3) is 0 Å². The highest BCUT2D eigenvalue weighted by atomic mass is 35.5. The molecule has 0 bridgehead atoms. The highest BCUT2D eigenvalue weighted by molar-refractivity contribution is 7.91. The van der Waals surface area contributed by atoms with E-state index in [4.69, 9.17) is 27.9 Å². The van der Waals surface area contributed by atoms with Crippen molar-refractivity contribution in [3.63, 3.8) is 0 Å². The lowest BCUT2D eigenvalue weighted by Crippen LogP contribution is -2.31. The average Bonchev–Trinajstić information content (AvgIpc) is 2.83. The standard InChI is InChI=1S/C16H19Cl2NO5S/c1-10(13-3-2-12(17)7-14(13)18)19-15(20)8-24-16(21)6-11-4-5-25(22,23)9-11/h2-3,7,10-11H,4-6,8-9H2,1H3,(H,19,20)/t10-,11+/m0/s1. The number of halogens is 2. The highest BCUT2D eigenvalue weighted by Crippen LogP contribution is 2.26. The summed E-state index contributed by atoms with van der Waals surface area (Å²) in [6.45, 7) is 1.33. The van der Waals surface area contributed by atoms with Gasteiger partial charge in [0.1, 0.15) is 0 Å². The van der Waals surface area contributed by atoms with Gasteiger partial charge in [-0.25, -0.2) is 8.42 Å². The third kappa shape index (κ3) is 6.17. The maximum atomic E-state index is 11.9. The summed E-state index contributed by atoms with van der Waals surface area (Å²) >= 11 is 11.9. The van der Waals surface area contributed by atoms with E-state index in [0.717, 1.165) is 0 Å². The fourth-order valence-corrected chi connectivity index (χ4v) is 5.12. The summed E-state index contributed by atoms with van der Waals surface area (Å²) in [7, 11) is -3.04. The molecule has 6 nitrogen and oxygen atoms in total. The summed E-state index contributed by atoms with van der Waals surface area (Å²) < 4.78 is 27.6. The Hall–Kier alpha value is -1.31. The van der Waals surface area contributed by atoms with E-state index in [9.17, 15) is 18.0 Å². The Labute approximate surface area is 156 Å². The molecule has 1 aliphatic heterocycles. The van der Waals surface area contributed by atoms with Crippen LogP contribution in [0.1, 0.15) is 31.4 Å². The minimum atomic E-state index is -3.04. The van der Waals surface area contributed by atoms with E-state index in [1.165, 1.54) is 0 Å².